The van der Waals surface area contributed by atoms with Crippen LogP contribution in [0.15, 0.2) is 11.6 Å². The Labute approximate surface area is 187 Å². The van der Waals surface area contributed by atoms with Gasteiger partial charge in [-0.05, 0) is 38.6 Å². The molecule has 0 unspecified atom stereocenters. The van der Waals surface area contributed by atoms with Gasteiger partial charge in [0.1, 0.15) is 6.04 Å². The Kier molecular flexibility index (Phi) is 9.69. The smallest absolute Gasteiger partial charge is 0.333 e. The second-order valence-corrected chi connectivity index (χ2v) is 9.91. The highest BCUT2D eigenvalue weighted by Crippen LogP contribution is 2.25. The molecule has 1 heterocycles. The van der Waals surface area contributed by atoms with Crippen LogP contribution in [0, 0.1) is 11.3 Å². The van der Waals surface area contributed by atoms with E-state index in [0.29, 0.717) is 18.5 Å². The second kappa shape index (κ2) is 11.1. The molecule has 0 spiro atoms. The van der Waals surface area contributed by atoms with Crippen molar-refractivity contribution >= 4 is 17.8 Å². The predicted octanol–water partition coefficient (Wildman–Crippen LogP) is 1.57. The third kappa shape index (κ3) is 7.31. The summed E-state index contributed by atoms with van der Waals surface area (Å²) in [5.41, 5.74) is -0.0868. The van der Waals surface area contributed by atoms with Gasteiger partial charge in [0.05, 0.1) is 24.8 Å². The van der Waals surface area contributed by atoms with E-state index < -0.39 is 29.6 Å². The van der Waals surface area contributed by atoms with E-state index in [0.717, 1.165) is 0 Å². The lowest BCUT2D eigenvalue weighted by atomic mass is 9.85. The number of carbonyl (C=O) groups is 3. The molecule has 4 atom stereocenters. The zero-order chi connectivity index (χ0) is 24.1. The number of hydrogen-bond donors (Lipinski definition) is 2. The van der Waals surface area contributed by atoms with Crippen LogP contribution in [-0.2, 0) is 19.1 Å². The standard InChI is InChI=1S/C23H41N3O5/c1-10-31-22(30)15(4)11-17(14(2)3)26(9)21(29)19(23(5,6)7)24-20(28)18-12-16(27)13-25(18)8/h11,14,16-19,27H,10,12-13H2,1-9H3,(H,24,28)/b15-11+/t16-,17-,18-,19-/m1/s1. The van der Waals surface area contributed by atoms with Crippen molar-refractivity contribution in [1.82, 2.24) is 15.1 Å². The van der Waals surface area contributed by atoms with Crippen molar-refractivity contribution in [2.75, 3.05) is 27.2 Å². The van der Waals surface area contributed by atoms with Gasteiger partial charge in [0.25, 0.3) is 0 Å². The molecule has 0 aromatic rings. The van der Waals surface area contributed by atoms with Crippen molar-refractivity contribution < 1.29 is 24.2 Å². The summed E-state index contributed by atoms with van der Waals surface area (Å²) in [6.07, 6.45) is 1.55. The van der Waals surface area contributed by atoms with Gasteiger partial charge in [-0.25, -0.2) is 4.79 Å². The van der Waals surface area contributed by atoms with Crippen molar-refractivity contribution in [1.29, 1.82) is 0 Å². The molecule has 31 heavy (non-hydrogen) atoms. The second-order valence-electron chi connectivity index (χ2n) is 9.91. The molecule has 1 saturated heterocycles. The van der Waals surface area contributed by atoms with E-state index >= 15 is 0 Å². The quantitative estimate of drug-likeness (QED) is 0.440. The third-order valence-electron chi connectivity index (χ3n) is 5.72. The van der Waals surface area contributed by atoms with Crippen LogP contribution in [0.25, 0.3) is 0 Å². The lowest BCUT2D eigenvalue weighted by Crippen LogP contribution is -2.58. The molecule has 1 rings (SSSR count). The molecule has 0 radical (unpaired) electrons. The molecule has 0 saturated carbocycles. The number of likely N-dealkylation sites (tertiary alicyclic amines) is 1. The van der Waals surface area contributed by atoms with Gasteiger partial charge < -0.3 is 20.1 Å². The maximum Gasteiger partial charge on any atom is 0.333 e. The Bertz CT molecular complexity index is 683. The SMILES string of the molecule is CCOC(=O)/C(C)=C/[C@H](C(C)C)N(C)C(=O)[C@@H](NC(=O)[C@H]1C[C@@H](O)CN1C)C(C)(C)C. The van der Waals surface area contributed by atoms with Gasteiger partial charge in [0, 0.05) is 19.2 Å². The number of esters is 1. The molecule has 2 amide bonds. The van der Waals surface area contributed by atoms with Crippen LogP contribution in [0.1, 0.15) is 54.9 Å². The van der Waals surface area contributed by atoms with E-state index in [-0.39, 0.29) is 30.4 Å². The summed E-state index contributed by atoms with van der Waals surface area (Å²) in [7, 11) is 3.48. The molecular weight excluding hydrogens is 398 g/mol. The maximum atomic E-state index is 13.5. The maximum absolute atomic E-state index is 13.5. The Morgan fingerprint density at radius 1 is 1.29 bits per heavy atom. The molecule has 0 aromatic carbocycles. The normalized spacial score (nSPS) is 22.2. The average Bonchev–Trinajstić information content (AvgIpc) is 2.99. The van der Waals surface area contributed by atoms with Crippen LogP contribution in [0.3, 0.4) is 0 Å². The zero-order valence-electron chi connectivity index (χ0n) is 20.6. The lowest BCUT2D eigenvalue weighted by molar-refractivity contribution is -0.141. The minimum absolute atomic E-state index is 0.0470. The fourth-order valence-corrected chi connectivity index (χ4v) is 3.84. The number of β-amino-alcohol motifs (C(OH)–C–C–N with tert-alkyl or cyclic N) is 1. The number of nitrogens with zero attached hydrogens (tertiary/aromatic N) is 2. The monoisotopic (exact) mass is 439 g/mol. The number of likely N-dealkylation sites (N-methyl/N-ethyl adjacent to an activating group) is 2. The highest BCUT2D eigenvalue weighted by molar-refractivity contribution is 5.91. The van der Waals surface area contributed by atoms with Gasteiger partial charge in [0.2, 0.25) is 11.8 Å². The van der Waals surface area contributed by atoms with Crippen LogP contribution >= 0.6 is 0 Å². The van der Waals surface area contributed by atoms with Crippen LogP contribution < -0.4 is 5.32 Å². The Balaban J connectivity index is 3.11. The van der Waals surface area contributed by atoms with Crippen LogP contribution in [0.2, 0.25) is 0 Å². The van der Waals surface area contributed by atoms with Crippen LogP contribution in [-0.4, -0.2) is 84.2 Å². The number of ether oxygens (including phenoxy) is 1. The number of aliphatic hydroxyl groups excluding tert-OH is 1. The first-order chi connectivity index (χ1) is 14.2. The topological polar surface area (TPSA) is 99.2 Å². The summed E-state index contributed by atoms with van der Waals surface area (Å²) in [6, 6.07) is -1.56. The number of carbonyl (C=O) groups excluding carboxylic acids is 3. The molecular formula is C23H41N3O5. The summed E-state index contributed by atoms with van der Waals surface area (Å²) in [5.74, 6) is -0.850. The highest BCUT2D eigenvalue weighted by atomic mass is 16.5. The minimum atomic E-state index is -0.756. The summed E-state index contributed by atoms with van der Waals surface area (Å²) in [5, 5.41) is 12.8. The first kappa shape index (κ1) is 27.1. The lowest BCUT2D eigenvalue weighted by Gasteiger charge is -2.38. The Hall–Kier alpha value is -1.93. The number of amides is 2. The number of nitrogens with one attached hydrogen (secondary N) is 1. The minimum Gasteiger partial charge on any atom is -0.463 e. The highest BCUT2D eigenvalue weighted by Gasteiger charge is 2.40. The van der Waals surface area contributed by atoms with Gasteiger partial charge in [-0.3, -0.25) is 14.5 Å². The number of rotatable bonds is 8. The Morgan fingerprint density at radius 2 is 1.87 bits per heavy atom. The zero-order valence-corrected chi connectivity index (χ0v) is 20.6. The average molecular weight is 440 g/mol. The molecule has 0 bridgehead atoms. The molecule has 0 aliphatic carbocycles. The van der Waals surface area contributed by atoms with Gasteiger partial charge in [-0.2, -0.15) is 0 Å². The van der Waals surface area contributed by atoms with E-state index in [4.69, 9.17) is 4.74 Å². The predicted molar refractivity (Wildman–Crippen MR) is 120 cm³/mol. The third-order valence-corrected chi connectivity index (χ3v) is 5.72. The van der Waals surface area contributed by atoms with E-state index in [2.05, 4.69) is 5.32 Å². The largest absolute Gasteiger partial charge is 0.463 e. The van der Waals surface area contributed by atoms with Crippen molar-refractivity contribution in [3.8, 4) is 0 Å². The fourth-order valence-electron chi connectivity index (χ4n) is 3.84. The molecule has 1 aliphatic heterocycles. The summed E-state index contributed by atoms with van der Waals surface area (Å²) in [6.45, 7) is 13.8. The van der Waals surface area contributed by atoms with Crippen LogP contribution in [0.5, 0.6) is 0 Å². The van der Waals surface area contributed by atoms with Crippen LogP contribution in [0.4, 0.5) is 0 Å². The van der Waals surface area contributed by atoms with E-state index in [1.54, 1.807) is 43.8 Å². The molecule has 1 fully saturated rings. The first-order valence-electron chi connectivity index (χ1n) is 11.0. The summed E-state index contributed by atoms with van der Waals surface area (Å²) >= 11 is 0. The number of hydrogen-bond acceptors (Lipinski definition) is 6. The van der Waals surface area contributed by atoms with Gasteiger partial charge >= 0.3 is 5.97 Å². The van der Waals surface area contributed by atoms with Crippen molar-refractivity contribution in [3.63, 3.8) is 0 Å². The van der Waals surface area contributed by atoms with E-state index in [9.17, 15) is 19.5 Å². The van der Waals surface area contributed by atoms with E-state index in [1.807, 2.05) is 34.6 Å². The van der Waals surface area contributed by atoms with Gasteiger partial charge in [0.15, 0.2) is 0 Å². The molecule has 8 heteroatoms. The van der Waals surface area contributed by atoms with Crippen molar-refractivity contribution in [2.45, 2.75) is 79.1 Å². The van der Waals surface area contributed by atoms with Gasteiger partial charge in [-0.1, -0.05) is 40.7 Å². The summed E-state index contributed by atoms with van der Waals surface area (Å²) < 4.78 is 5.06. The molecule has 1 aliphatic rings. The van der Waals surface area contributed by atoms with Gasteiger partial charge in [-0.15, -0.1) is 0 Å². The number of aliphatic hydroxyl groups is 1. The molecule has 2 N–H and O–H groups in total. The molecule has 178 valence electrons. The first-order valence-corrected chi connectivity index (χ1v) is 11.0. The Morgan fingerprint density at radius 3 is 2.29 bits per heavy atom. The summed E-state index contributed by atoms with van der Waals surface area (Å²) in [4.78, 5) is 41.9. The van der Waals surface area contributed by atoms with Crippen molar-refractivity contribution in [2.24, 2.45) is 11.3 Å². The fraction of sp³-hybridized carbons (Fsp3) is 0.783. The molecule has 0 aromatic heterocycles. The van der Waals surface area contributed by atoms with Crippen molar-refractivity contribution in [3.05, 3.63) is 11.6 Å². The molecule has 8 nitrogen and oxygen atoms in total. The van der Waals surface area contributed by atoms with E-state index in [1.165, 1.54) is 0 Å².